The van der Waals surface area contributed by atoms with E-state index in [1.807, 2.05) is 83.2 Å². The average molecular weight is 518 g/mol. The van der Waals surface area contributed by atoms with Gasteiger partial charge in [-0.1, -0.05) is 55.5 Å². The van der Waals surface area contributed by atoms with Gasteiger partial charge in [-0.15, -0.1) is 0 Å². The maximum atomic E-state index is 14.2. The lowest BCUT2D eigenvalue weighted by Gasteiger charge is -2.31. The standard InChI is InChI=1S/C32H31N5O2/c1-4-27-26-21-36(32(38)33-28-17-9-8-12-22(28)2)30(23-13-10-16-25(20-23)39-3)29-18-11-19-35(29)31(26)37(34-27)24-14-6-5-7-15-24/h5-20,30H,4,21H2,1-3H3,(H,33,38)/t30-/m1/s1. The molecule has 6 rings (SSSR count). The van der Waals surface area contributed by atoms with Crippen molar-refractivity contribution in [2.45, 2.75) is 32.9 Å². The normalized spacial score (nSPS) is 14.3. The molecule has 7 nitrogen and oxygen atoms in total. The van der Waals surface area contributed by atoms with Crippen molar-refractivity contribution >= 4 is 11.7 Å². The Morgan fingerprint density at radius 2 is 1.79 bits per heavy atom. The molecule has 3 aromatic carbocycles. The Hall–Kier alpha value is -4.78. The van der Waals surface area contributed by atoms with Crippen LogP contribution in [-0.2, 0) is 13.0 Å². The number of carbonyl (C=O) groups excluding carboxylic acids is 1. The van der Waals surface area contributed by atoms with Gasteiger partial charge in [0.15, 0.2) is 0 Å². The molecule has 0 fully saturated rings. The lowest BCUT2D eigenvalue weighted by molar-refractivity contribution is 0.194. The van der Waals surface area contributed by atoms with Crippen LogP contribution in [0.5, 0.6) is 5.75 Å². The van der Waals surface area contributed by atoms with Crippen LogP contribution < -0.4 is 10.1 Å². The van der Waals surface area contributed by atoms with E-state index in [9.17, 15) is 4.79 Å². The molecule has 0 aliphatic carbocycles. The highest BCUT2D eigenvalue weighted by Crippen LogP contribution is 2.39. The zero-order valence-corrected chi connectivity index (χ0v) is 22.3. The summed E-state index contributed by atoms with van der Waals surface area (Å²) in [4.78, 5) is 16.1. The van der Waals surface area contributed by atoms with Crippen LogP contribution in [0.25, 0.3) is 11.5 Å². The number of nitrogens with zero attached hydrogens (tertiary/aromatic N) is 4. The second-order valence-corrected chi connectivity index (χ2v) is 9.70. The zero-order chi connectivity index (χ0) is 26.9. The minimum atomic E-state index is -0.361. The monoisotopic (exact) mass is 517 g/mol. The molecule has 3 heterocycles. The van der Waals surface area contributed by atoms with Gasteiger partial charge < -0.3 is 19.5 Å². The van der Waals surface area contributed by atoms with Crippen molar-refractivity contribution in [2.75, 3.05) is 12.4 Å². The number of amides is 2. The first-order chi connectivity index (χ1) is 19.1. The molecule has 2 aromatic heterocycles. The van der Waals surface area contributed by atoms with Gasteiger partial charge in [0, 0.05) is 17.4 Å². The second kappa shape index (κ2) is 10.2. The van der Waals surface area contributed by atoms with Gasteiger partial charge in [0.2, 0.25) is 0 Å². The van der Waals surface area contributed by atoms with E-state index in [2.05, 4.69) is 47.3 Å². The number of hydrogen-bond donors (Lipinski definition) is 1. The molecule has 0 saturated carbocycles. The Bertz CT molecular complexity index is 1640. The van der Waals surface area contributed by atoms with Crippen molar-refractivity contribution in [3.63, 3.8) is 0 Å². The van der Waals surface area contributed by atoms with Crippen molar-refractivity contribution in [1.29, 1.82) is 0 Å². The topological polar surface area (TPSA) is 64.3 Å². The number of benzene rings is 3. The van der Waals surface area contributed by atoms with E-state index in [0.717, 1.165) is 57.4 Å². The summed E-state index contributed by atoms with van der Waals surface area (Å²) in [5.41, 5.74) is 6.72. The Balaban J connectivity index is 1.56. The second-order valence-electron chi connectivity index (χ2n) is 9.70. The third-order valence-electron chi connectivity index (χ3n) is 7.36. The van der Waals surface area contributed by atoms with Crippen molar-refractivity contribution in [3.05, 3.63) is 125 Å². The SMILES string of the molecule is CCc1nn(-c2ccccc2)c2c1CN(C(=O)Nc1ccccc1C)[C@H](c1cccc(OC)c1)c1cccn1-2. The third kappa shape index (κ3) is 4.36. The summed E-state index contributed by atoms with van der Waals surface area (Å²) in [6.07, 6.45) is 2.81. The maximum Gasteiger partial charge on any atom is 0.322 e. The minimum Gasteiger partial charge on any atom is -0.497 e. The quantitative estimate of drug-likeness (QED) is 0.283. The fourth-order valence-corrected chi connectivity index (χ4v) is 5.41. The van der Waals surface area contributed by atoms with E-state index in [4.69, 9.17) is 9.84 Å². The first-order valence-corrected chi connectivity index (χ1v) is 13.2. The molecule has 7 heteroatoms. The molecule has 196 valence electrons. The predicted molar refractivity (Wildman–Crippen MR) is 153 cm³/mol. The molecule has 1 atom stereocenters. The summed E-state index contributed by atoms with van der Waals surface area (Å²) in [6.45, 7) is 4.50. The molecular formula is C32H31N5O2. The lowest BCUT2D eigenvalue weighted by atomic mass is 10.0. The Morgan fingerprint density at radius 1 is 1.00 bits per heavy atom. The van der Waals surface area contributed by atoms with Gasteiger partial charge in [-0.2, -0.15) is 5.10 Å². The summed E-state index contributed by atoms with van der Waals surface area (Å²) in [7, 11) is 1.66. The van der Waals surface area contributed by atoms with Crippen molar-refractivity contribution < 1.29 is 9.53 Å². The molecule has 0 radical (unpaired) electrons. The molecule has 1 N–H and O–H groups in total. The van der Waals surface area contributed by atoms with Crippen LogP contribution in [0.4, 0.5) is 10.5 Å². The highest BCUT2D eigenvalue weighted by Gasteiger charge is 2.36. The number of nitrogens with one attached hydrogen (secondary N) is 1. The van der Waals surface area contributed by atoms with Crippen LogP contribution >= 0.6 is 0 Å². The number of para-hydroxylation sites is 2. The van der Waals surface area contributed by atoms with Crippen LogP contribution in [0, 0.1) is 6.92 Å². The number of methoxy groups -OCH3 is 1. The fourth-order valence-electron chi connectivity index (χ4n) is 5.41. The molecular weight excluding hydrogens is 486 g/mol. The van der Waals surface area contributed by atoms with Crippen LogP contribution in [0.15, 0.2) is 97.2 Å². The van der Waals surface area contributed by atoms with Crippen LogP contribution in [0.1, 0.15) is 41.0 Å². The van der Waals surface area contributed by atoms with Crippen molar-refractivity contribution in [1.82, 2.24) is 19.2 Å². The molecule has 0 saturated heterocycles. The summed E-state index contributed by atoms with van der Waals surface area (Å²) >= 11 is 0. The Kier molecular flexibility index (Phi) is 6.40. The largest absolute Gasteiger partial charge is 0.497 e. The van der Waals surface area contributed by atoms with E-state index in [0.29, 0.717) is 6.54 Å². The van der Waals surface area contributed by atoms with E-state index in [1.165, 1.54) is 0 Å². The Labute approximate surface area is 228 Å². The van der Waals surface area contributed by atoms with E-state index < -0.39 is 0 Å². The van der Waals surface area contributed by atoms with Crippen molar-refractivity contribution in [2.24, 2.45) is 0 Å². The number of aryl methyl sites for hydroxylation is 2. The molecule has 0 bridgehead atoms. The molecule has 1 aliphatic rings. The predicted octanol–water partition coefficient (Wildman–Crippen LogP) is 6.68. The van der Waals surface area contributed by atoms with Gasteiger partial charge >= 0.3 is 6.03 Å². The van der Waals surface area contributed by atoms with E-state index in [-0.39, 0.29) is 12.1 Å². The average Bonchev–Trinajstić information content (AvgIpc) is 3.55. The molecule has 5 aromatic rings. The number of carbonyl (C=O) groups is 1. The first kappa shape index (κ1) is 24.6. The fraction of sp³-hybridized carbons (Fsp3) is 0.188. The zero-order valence-electron chi connectivity index (χ0n) is 22.3. The van der Waals surface area contributed by atoms with Crippen LogP contribution in [-0.4, -0.2) is 32.4 Å². The maximum absolute atomic E-state index is 14.2. The minimum absolute atomic E-state index is 0.174. The molecule has 2 amide bonds. The van der Waals surface area contributed by atoms with Crippen molar-refractivity contribution in [3.8, 4) is 17.3 Å². The first-order valence-electron chi connectivity index (χ1n) is 13.2. The van der Waals surface area contributed by atoms with Gasteiger partial charge in [0.25, 0.3) is 0 Å². The molecule has 1 aliphatic heterocycles. The van der Waals surface area contributed by atoms with E-state index in [1.54, 1.807) is 7.11 Å². The number of rotatable bonds is 5. The summed E-state index contributed by atoms with van der Waals surface area (Å²) in [5.74, 6) is 1.70. The highest BCUT2D eigenvalue weighted by molar-refractivity contribution is 5.91. The highest BCUT2D eigenvalue weighted by atomic mass is 16.5. The third-order valence-corrected chi connectivity index (χ3v) is 7.36. The van der Waals surface area contributed by atoms with Crippen LogP contribution in [0.3, 0.4) is 0 Å². The number of anilines is 1. The smallest absolute Gasteiger partial charge is 0.322 e. The number of ether oxygens (including phenoxy) is 1. The number of aromatic nitrogens is 3. The number of urea groups is 1. The van der Waals surface area contributed by atoms with Gasteiger partial charge in [-0.3, -0.25) is 0 Å². The van der Waals surface area contributed by atoms with Gasteiger partial charge in [0.1, 0.15) is 11.6 Å². The number of fused-ring (bicyclic) bond motifs is 3. The molecule has 0 spiro atoms. The summed E-state index contributed by atoms with van der Waals surface area (Å²) in [6, 6.07) is 29.5. The lowest BCUT2D eigenvalue weighted by Crippen LogP contribution is -2.38. The molecule has 0 unspecified atom stereocenters. The van der Waals surface area contributed by atoms with Gasteiger partial charge in [0.05, 0.1) is 36.8 Å². The van der Waals surface area contributed by atoms with Gasteiger partial charge in [-0.25, -0.2) is 9.48 Å². The van der Waals surface area contributed by atoms with Crippen LogP contribution in [0.2, 0.25) is 0 Å². The summed E-state index contributed by atoms with van der Waals surface area (Å²) < 4.78 is 9.76. The number of hydrogen-bond acceptors (Lipinski definition) is 3. The molecule has 39 heavy (non-hydrogen) atoms. The van der Waals surface area contributed by atoms with E-state index >= 15 is 0 Å². The van der Waals surface area contributed by atoms with Gasteiger partial charge in [-0.05, 0) is 66.9 Å². The summed E-state index contributed by atoms with van der Waals surface area (Å²) in [5, 5.41) is 8.22. The Morgan fingerprint density at radius 3 is 2.56 bits per heavy atom.